The summed E-state index contributed by atoms with van der Waals surface area (Å²) in [5, 5.41) is 8.12. The van der Waals surface area contributed by atoms with E-state index < -0.39 is 0 Å². The third-order valence-electron chi connectivity index (χ3n) is 5.08. The smallest absolute Gasteiger partial charge is 0.263 e. The topological polar surface area (TPSA) is 46.4 Å². The van der Waals surface area contributed by atoms with Crippen molar-refractivity contribution in [3.63, 3.8) is 0 Å². The number of aryl methyl sites for hydroxylation is 1. The molecule has 0 aliphatic carbocycles. The summed E-state index contributed by atoms with van der Waals surface area (Å²) in [5.41, 5.74) is 4.44. The maximum absolute atomic E-state index is 12.7. The van der Waals surface area contributed by atoms with Crippen molar-refractivity contribution in [1.82, 2.24) is 10.3 Å². The number of nitrogens with zero attached hydrogens (tertiary/aromatic N) is 1. The lowest BCUT2D eigenvalue weighted by Gasteiger charge is -2.15. The van der Waals surface area contributed by atoms with Crippen LogP contribution in [0.1, 0.15) is 39.3 Å². The lowest BCUT2D eigenvalue weighted by molar-refractivity contribution is -0.901. The van der Waals surface area contributed by atoms with Gasteiger partial charge in [-0.1, -0.05) is 24.3 Å². The van der Waals surface area contributed by atoms with E-state index in [0.29, 0.717) is 11.4 Å². The van der Waals surface area contributed by atoms with Crippen molar-refractivity contribution in [3.05, 3.63) is 62.8 Å². The predicted octanol–water partition coefficient (Wildman–Crippen LogP) is 3.29. The quantitative estimate of drug-likeness (QED) is 0.669. The van der Waals surface area contributed by atoms with Crippen molar-refractivity contribution >= 4 is 28.6 Å². The van der Waals surface area contributed by atoms with E-state index in [1.165, 1.54) is 48.4 Å². The van der Waals surface area contributed by atoms with Crippen LogP contribution in [-0.2, 0) is 13.1 Å². The van der Waals surface area contributed by atoms with Crippen LogP contribution in [0.4, 0.5) is 0 Å². The molecule has 0 atom stereocenters. The van der Waals surface area contributed by atoms with Gasteiger partial charge >= 0.3 is 0 Å². The second kappa shape index (κ2) is 8.33. The summed E-state index contributed by atoms with van der Waals surface area (Å²) in [7, 11) is 0. The fraction of sp³-hybridized carbons (Fsp3) is 0.333. The molecule has 2 aromatic heterocycles. The van der Waals surface area contributed by atoms with Crippen molar-refractivity contribution in [1.29, 1.82) is 0 Å². The van der Waals surface area contributed by atoms with Gasteiger partial charge in [0.15, 0.2) is 0 Å². The number of thiophene rings is 1. The zero-order chi connectivity index (χ0) is 18.6. The molecule has 1 aliphatic rings. The van der Waals surface area contributed by atoms with Crippen molar-refractivity contribution in [2.75, 3.05) is 13.1 Å². The molecule has 0 radical (unpaired) electrons. The van der Waals surface area contributed by atoms with Crippen LogP contribution in [0.25, 0.3) is 10.6 Å². The van der Waals surface area contributed by atoms with Gasteiger partial charge in [-0.3, -0.25) is 4.79 Å². The van der Waals surface area contributed by atoms with Gasteiger partial charge in [0.1, 0.15) is 16.4 Å². The van der Waals surface area contributed by atoms with E-state index >= 15 is 0 Å². The fourth-order valence-electron chi connectivity index (χ4n) is 3.60. The molecule has 2 N–H and O–H groups in total. The largest absolute Gasteiger partial charge is 0.347 e. The Morgan fingerprint density at radius 2 is 1.96 bits per heavy atom. The van der Waals surface area contributed by atoms with E-state index in [2.05, 4.69) is 39.9 Å². The monoisotopic (exact) mass is 398 g/mol. The molecule has 1 aromatic carbocycles. The number of amides is 1. The number of aromatic nitrogens is 1. The zero-order valence-electron chi connectivity index (χ0n) is 15.5. The second-order valence-corrected chi connectivity index (χ2v) is 8.81. The number of nitrogens with one attached hydrogen (secondary N) is 2. The Morgan fingerprint density at radius 1 is 1.19 bits per heavy atom. The number of quaternary nitrogens is 1. The summed E-state index contributed by atoms with van der Waals surface area (Å²) in [5.74, 6) is -0.0326. The highest BCUT2D eigenvalue weighted by atomic mass is 32.1. The van der Waals surface area contributed by atoms with Crippen LogP contribution in [0.15, 0.2) is 41.1 Å². The standard InChI is InChI=1S/C21H23N3OS2/c1-15-19(27-21(23-15)18-8-11-26-14-18)20(25)22-12-16-6-2-3-7-17(16)13-24-9-4-5-10-24/h2-3,6-8,11,14H,4-5,9-10,12-13H2,1H3,(H,22,25)/p+1. The maximum atomic E-state index is 12.7. The minimum absolute atomic E-state index is 0.0326. The molecular formula is C21H24N3OS2+. The average molecular weight is 399 g/mol. The molecule has 1 aliphatic heterocycles. The fourth-order valence-corrected chi connectivity index (χ4v) is 5.29. The number of likely N-dealkylation sites (tertiary alicyclic amines) is 1. The Bertz CT molecular complexity index is 911. The molecule has 4 rings (SSSR count). The Kier molecular flexibility index (Phi) is 5.66. The van der Waals surface area contributed by atoms with Gasteiger partial charge in [0.2, 0.25) is 0 Å². The lowest BCUT2D eigenvalue weighted by atomic mass is 10.1. The summed E-state index contributed by atoms with van der Waals surface area (Å²) < 4.78 is 0. The first kappa shape index (κ1) is 18.3. The molecule has 1 amide bonds. The predicted molar refractivity (Wildman–Crippen MR) is 111 cm³/mol. The molecule has 0 saturated carbocycles. The summed E-state index contributed by atoms with van der Waals surface area (Å²) in [6.07, 6.45) is 2.65. The molecule has 4 nitrogen and oxygen atoms in total. The van der Waals surface area contributed by atoms with Crippen LogP contribution in [0.3, 0.4) is 0 Å². The molecule has 140 valence electrons. The third kappa shape index (κ3) is 4.29. The molecule has 27 heavy (non-hydrogen) atoms. The van der Waals surface area contributed by atoms with Crippen molar-refractivity contribution < 1.29 is 9.69 Å². The number of rotatable bonds is 6. The van der Waals surface area contributed by atoms with Gasteiger partial charge in [-0.15, -0.1) is 11.3 Å². The van der Waals surface area contributed by atoms with Gasteiger partial charge in [-0.25, -0.2) is 4.98 Å². The van der Waals surface area contributed by atoms with Crippen molar-refractivity contribution in [2.24, 2.45) is 0 Å². The normalized spacial score (nSPS) is 14.6. The first-order chi connectivity index (χ1) is 13.2. The number of benzene rings is 1. The Hall–Kier alpha value is -2.02. The Labute approximate surface area is 167 Å². The van der Waals surface area contributed by atoms with E-state index in [1.807, 2.05) is 18.4 Å². The molecule has 3 aromatic rings. The number of carbonyl (C=O) groups excluding carboxylic acids is 1. The first-order valence-electron chi connectivity index (χ1n) is 9.39. The molecule has 1 fully saturated rings. The molecule has 0 spiro atoms. The highest BCUT2D eigenvalue weighted by Gasteiger charge is 2.19. The highest BCUT2D eigenvalue weighted by molar-refractivity contribution is 7.17. The van der Waals surface area contributed by atoms with Gasteiger partial charge in [0.25, 0.3) is 5.91 Å². The number of carbonyl (C=O) groups is 1. The summed E-state index contributed by atoms with van der Waals surface area (Å²) in [6, 6.07) is 10.5. The zero-order valence-corrected chi connectivity index (χ0v) is 17.1. The Morgan fingerprint density at radius 3 is 2.70 bits per heavy atom. The molecule has 0 unspecified atom stereocenters. The van der Waals surface area contributed by atoms with E-state index in [9.17, 15) is 4.79 Å². The van der Waals surface area contributed by atoms with Gasteiger partial charge in [0.05, 0.1) is 18.8 Å². The third-order valence-corrected chi connectivity index (χ3v) is 6.97. The van der Waals surface area contributed by atoms with E-state index in [1.54, 1.807) is 16.2 Å². The minimum Gasteiger partial charge on any atom is -0.347 e. The van der Waals surface area contributed by atoms with Crippen LogP contribution in [-0.4, -0.2) is 24.0 Å². The highest BCUT2D eigenvalue weighted by Crippen LogP contribution is 2.29. The van der Waals surface area contributed by atoms with Crippen molar-refractivity contribution in [2.45, 2.75) is 32.9 Å². The van der Waals surface area contributed by atoms with Crippen LogP contribution in [0, 0.1) is 6.92 Å². The number of hydrogen-bond acceptors (Lipinski definition) is 4. The van der Waals surface area contributed by atoms with Crippen LogP contribution < -0.4 is 10.2 Å². The number of hydrogen-bond donors (Lipinski definition) is 2. The summed E-state index contributed by atoms with van der Waals surface area (Å²) in [4.78, 5) is 19.7. The van der Waals surface area contributed by atoms with Crippen LogP contribution >= 0.6 is 22.7 Å². The molecule has 0 bridgehead atoms. The first-order valence-corrected chi connectivity index (χ1v) is 11.1. The molecule has 6 heteroatoms. The Balaban J connectivity index is 1.44. The van der Waals surface area contributed by atoms with Crippen molar-refractivity contribution in [3.8, 4) is 10.6 Å². The van der Waals surface area contributed by atoms with Gasteiger partial charge < -0.3 is 10.2 Å². The maximum Gasteiger partial charge on any atom is 0.263 e. The van der Waals surface area contributed by atoms with Gasteiger partial charge in [0, 0.05) is 35.9 Å². The SMILES string of the molecule is Cc1nc(-c2ccsc2)sc1C(=O)NCc1ccccc1C[NH+]1CCCC1. The van der Waals surface area contributed by atoms with E-state index in [4.69, 9.17) is 0 Å². The lowest BCUT2D eigenvalue weighted by Crippen LogP contribution is -3.08. The van der Waals surface area contributed by atoms with Crippen LogP contribution in [0.2, 0.25) is 0 Å². The van der Waals surface area contributed by atoms with E-state index in [-0.39, 0.29) is 5.91 Å². The molecule has 3 heterocycles. The summed E-state index contributed by atoms with van der Waals surface area (Å²) >= 11 is 3.11. The van der Waals surface area contributed by atoms with Crippen LogP contribution in [0.5, 0.6) is 0 Å². The van der Waals surface area contributed by atoms with Gasteiger partial charge in [-0.05, 0) is 23.9 Å². The van der Waals surface area contributed by atoms with Gasteiger partial charge in [-0.2, -0.15) is 11.3 Å². The second-order valence-electron chi connectivity index (χ2n) is 7.03. The average Bonchev–Trinajstić information content (AvgIpc) is 3.42. The molecule has 1 saturated heterocycles. The summed E-state index contributed by atoms with van der Waals surface area (Å²) in [6.45, 7) is 6.03. The van der Waals surface area contributed by atoms with E-state index in [0.717, 1.165) is 22.8 Å². The number of thiazole rings is 1. The molecular weight excluding hydrogens is 374 g/mol. The minimum atomic E-state index is -0.0326.